The van der Waals surface area contributed by atoms with Gasteiger partial charge in [-0.3, -0.25) is 4.98 Å². The third kappa shape index (κ3) is 3.95. The lowest BCUT2D eigenvalue weighted by Gasteiger charge is -2.42. The predicted molar refractivity (Wildman–Crippen MR) is 132 cm³/mol. The van der Waals surface area contributed by atoms with Gasteiger partial charge in [-0.1, -0.05) is 34.4 Å². The molecule has 1 aromatic carbocycles. The van der Waals surface area contributed by atoms with Gasteiger partial charge in [0.05, 0.1) is 35.0 Å². The first kappa shape index (κ1) is 23.0. The molecule has 3 aliphatic carbocycles. The Hall–Kier alpha value is -2.43. The van der Waals surface area contributed by atoms with Crippen molar-refractivity contribution in [2.45, 2.75) is 62.8 Å². The maximum absolute atomic E-state index is 11.7. The number of hydrogen-bond acceptors (Lipinski definition) is 5. The Balaban J connectivity index is 1.23. The molecule has 0 radical (unpaired) electrons. The molecule has 2 bridgehead atoms. The van der Waals surface area contributed by atoms with E-state index in [9.17, 15) is 5.11 Å². The number of rotatable bonds is 6. The smallest absolute Gasteiger partial charge is 0.190 e. The minimum atomic E-state index is -1.01. The molecule has 0 aliphatic heterocycles. The van der Waals surface area contributed by atoms with E-state index >= 15 is 0 Å². The van der Waals surface area contributed by atoms with Crippen molar-refractivity contribution in [3.05, 3.63) is 75.0 Å². The maximum atomic E-state index is 11.7. The van der Waals surface area contributed by atoms with Crippen LogP contribution in [0.2, 0.25) is 10.0 Å². The summed E-state index contributed by atoms with van der Waals surface area (Å²) in [7, 11) is 0. The van der Waals surface area contributed by atoms with Gasteiger partial charge in [-0.2, -0.15) is 0 Å². The average molecular weight is 510 g/mol. The van der Waals surface area contributed by atoms with Crippen LogP contribution in [0.1, 0.15) is 61.5 Å². The zero-order valence-corrected chi connectivity index (χ0v) is 20.6. The van der Waals surface area contributed by atoms with Crippen LogP contribution < -0.4 is 0 Å². The second-order valence-corrected chi connectivity index (χ2v) is 10.8. The molecule has 6 rings (SSSR count). The fraction of sp³-hybridized carbons (Fsp3) is 0.444. The van der Waals surface area contributed by atoms with Crippen LogP contribution in [0.5, 0.6) is 0 Å². The van der Waals surface area contributed by atoms with Gasteiger partial charge in [0.1, 0.15) is 17.1 Å². The third-order valence-corrected chi connectivity index (χ3v) is 8.55. The van der Waals surface area contributed by atoms with E-state index in [0.717, 1.165) is 49.8 Å². The topological polar surface area (TPSA) is 72.7 Å². The summed E-state index contributed by atoms with van der Waals surface area (Å²) < 4.78 is 12.2. The van der Waals surface area contributed by atoms with E-state index in [-0.39, 0.29) is 17.9 Å². The minimum Gasteiger partial charge on any atom is -0.383 e. The lowest BCUT2D eigenvalue weighted by atomic mass is 9.71. The largest absolute Gasteiger partial charge is 0.383 e. The number of halogens is 2. The Labute approximate surface area is 214 Å². The maximum Gasteiger partial charge on any atom is 0.190 e. The van der Waals surface area contributed by atoms with Gasteiger partial charge in [-0.25, -0.2) is 4.85 Å². The molecule has 1 N–H and O–H groups in total. The number of hydrogen-bond donors (Lipinski definition) is 1. The highest BCUT2D eigenvalue weighted by atomic mass is 35.5. The quantitative estimate of drug-likeness (QED) is 0.360. The average Bonchev–Trinajstić information content (AvgIpc) is 3.60. The van der Waals surface area contributed by atoms with E-state index in [4.69, 9.17) is 39.0 Å². The Morgan fingerprint density at radius 2 is 1.83 bits per heavy atom. The van der Waals surface area contributed by atoms with Crippen LogP contribution in [0.3, 0.4) is 0 Å². The lowest BCUT2D eigenvalue weighted by Crippen LogP contribution is -2.45. The molecule has 8 heteroatoms. The van der Waals surface area contributed by atoms with Crippen molar-refractivity contribution < 1.29 is 14.4 Å². The highest BCUT2D eigenvalue weighted by molar-refractivity contribution is 6.39. The van der Waals surface area contributed by atoms with Crippen molar-refractivity contribution in [1.82, 2.24) is 10.1 Å². The molecule has 0 spiro atoms. The molecule has 3 aromatic rings. The van der Waals surface area contributed by atoms with Crippen molar-refractivity contribution in [3.8, 4) is 11.3 Å². The number of nitrogens with zero attached hydrogens (tertiary/aromatic N) is 3. The lowest BCUT2D eigenvalue weighted by molar-refractivity contribution is -0.118. The van der Waals surface area contributed by atoms with E-state index in [1.165, 1.54) is 0 Å². The SMILES string of the molecule is [C-]#[N+]c1ccnc(C2(O)[C@@H]3CC[C@H]2CC(OCc2c(-c4c(Cl)cccc4Cl)noc2C2CC2)C3)c1. The van der Waals surface area contributed by atoms with Crippen molar-refractivity contribution in [2.75, 3.05) is 0 Å². The summed E-state index contributed by atoms with van der Waals surface area (Å²) >= 11 is 13.0. The van der Waals surface area contributed by atoms with E-state index in [2.05, 4.69) is 15.0 Å². The highest BCUT2D eigenvalue weighted by Crippen LogP contribution is 2.56. The molecule has 6 nitrogen and oxygen atoms in total. The van der Waals surface area contributed by atoms with Gasteiger partial charge in [0.25, 0.3) is 0 Å². The normalized spacial score (nSPS) is 27.7. The van der Waals surface area contributed by atoms with Crippen LogP contribution in [-0.4, -0.2) is 21.4 Å². The van der Waals surface area contributed by atoms with Crippen molar-refractivity contribution >= 4 is 28.9 Å². The predicted octanol–water partition coefficient (Wildman–Crippen LogP) is 7.06. The van der Waals surface area contributed by atoms with E-state index in [0.29, 0.717) is 45.2 Å². The molecule has 2 heterocycles. The van der Waals surface area contributed by atoms with Crippen LogP contribution in [-0.2, 0) is 16.9 Å². The van der Waals surface area contributed by atoms with E-state index in [1.807, 2.05) is 6.07 Å². The number of aliphatic hydroxyl groups is 1. The van der Waals surface area contributed by atoms with Gasteiger partial charge in [-0.15, -0.1) is 0 Å². The monoisotopic (exact) mass is 509 g/mol. The minimum absolute atomic E-state index is 0.00772. The molecule has 0 amide bonds. The van der Waals surface area contributed by atoms with Crippen molar-refractivity contribution in [3.63, 3.8) is 0 Å². The van der Waals surface area contributed by atoms with Gasteiger partial charge in [0.2, 0.25) is 0 Å². The van der Waals surface area contributed by atoms with Gasteiger partial charge in [0.15, 0.2) is 5.69 Å². The summed E-state index contributed by atoms with van der Waals surface area (Å²) in [6.07, 6.45) is 7.11. The van der Waals surface area contributed by atoms with Gasteiger partial charge < -0.3 is 14.4 Å². The molecule has 2 unspecified atom stereocenters. The molecule has 180 valence electrons. The molecule has 3 aliphatic rings. The number of pyridine rings is 1. The van der Waals surface area contributed by atoms with Crippen molar-refractivity contribution in [2.24, 2.45) is 11.8 Å². The molecular weight excluding hydrogens is 485 g/mol. The number of ether oxygens (including phenoxy) is 1. The first-order valence-corrected chi connectivity index (χ1v) is 12.9. The summed E-state index contributed by atoms with van der Waals surface area (Å²) in [5.74, 6) is 1.32. The van der Waals surface area contributed by atoms with Gasteiger partial charge in [0, 0.05) is 23.2 Å². The number of benzene rings is 1. The summed E-state index contributed by atoms with van der Waals surface area (Å²) in [6.45, 7) is 7.67. The molecular formula is C27H25Cl2N3O3. The van der Waals surface area contributed by atoms with Crippen LogP contribution in [0.25, 0.3) is 16.1 Å². The van der Waals surface area contributed by atoms with E-state index < -0.39 is 5.60 Å². The third-order valence-electron chi connectivity index (χ3n) is 7.92. The number of aromatic nitrogens is 2. The number of fused-ring (bicyclic) bond motifs is 2. The molecule has 4 atom stereocenters. The first-order chi connectivity index (χ1) is 17.0. The van der Waals surface area contributed by atoms with Crippen LogP contribution >= 0.6 is 23.2 Å². The van der Waals surface area contributed by atoms with Crippen LogP contribution in [0.15, 0.2) is 41.1 Å². The van der Waals surface area contributed by atoms with Crippen molar-refractivity contribution in [1.29, 1.82) is 0 Å². The Morgan fingerprint density at radius 1 is 1.11 bits per heavy atom. The summed E-state index contributed by atoms with van der Waals surface area (Å²) in [5, 5.41) is 17.2. The second-order valence-electron chi connectivity index (χ2n) is 9.96. The second kappa shape index (κ2) is 8.90. The molecule has 35 heavy (non-hydrogen) atoms. The zero-order valence-electron chi connectivity index (χ0n) is 19.1. The standard InChI is InChI=1S/C27H25Cl2N3O3/c1-30-18-9-10-31-23(13-18)27(33)16-7-8-17(27)12-19(11-16)34-14-20-25(32-35-26(20)15-5-6-15)24-21(28)3-2-4-22(24)29/h2-4,9-10,13,15-17,19,33H,5-8,11-12,14H2/t16-,17+,19?,27?. The van der Waals surface area contributed by atoms with Crippen LogP contribution in [0.4, 0.5) is 5.69 Å². The first-order valence-electron chi connectivity index (χ1n) is 12.1. The van der Waals surface area contributed by atoms with E-state index in [1.54, 1.807) is 30.5 Å². The Bertz CT molecular complexity index is 1280. The molecule has 2 aromatic heterocycles. The highest BCUT2D eigenvalue weighted by Gasteiger charge is 2.55. The Kier molecular flexibility index (Phi) is 5.85. The van der Waals surface area contributed by atoms with Gasteiger partial charge >= 0.3 is 0 Å². The molecule has 3 fully saturated rings. The summed E-state index contributed by atoms with van der Waals surface area (Å²) in [6, 6.07) is 8.83. The Morgan fingerprint density at radius 3 is 2.49 bits per heavy atom. The van der Waals surface area contributed by atoms with Crippen LogP contribution in [0, 0.1) is 18.4 Å². The fourth-order valence-electron chi connectivity index (χ4n) is 6.01. The zero-order chi connectivity index (χ0) is 24.2. The summed E-state index contributed by atoms with van der Waals surface area (Å²) in [4.78, 5) is 7.97. The fourth-order valence-corrected chi connectivity index (χ4v) is 6.59. The molecule has 0 saturated heterocycles. The summed E-state index contributed by atoms with van der Waals surface area (Å²) in [5.41, 5.74) is 2.36. The van der Waals surface area contributed by atoms with Gasteiger partial charge in [-0.05, 0) is 74.6 Å². The molecule has 3 saturated carbocycles.